The standard InChI is InChI=1S/C13H19ClN2O3/c1-4-19-8-11(9(2)3)15-13-10(14)6-5-7-12(13)16(17)18/h5-7,9,11,15H,4,8H2,1-3H3. The van der Waals surface area contributed by atoms with Crippen LogP contribution in [0.3, 0.4) is 0 Å². The van der Waals surface area contributed by atoms with Gasteiger partial charge in [-0.3, -0.25) is 10.1 Å². The molecule has 0 aromatic heterocycles. The van der Waals surface area contributed by atoms with Gasteiger partial charge in [-0.25, -0.2) is 0 Å². The third-order valence-electron chi connectivity index (χ3n) is 2.82. The fraction of sp³-hybridized carbons (Fsp3) is 0.538. The molecule has 6 heteroatoms. The van der Waals surface area contributed by atoms with Gasteiger partial charge >= 0.3 is 0 Å². The molecule has 1 aromatic rings. The minimum absolute atomic E-state index is 0.0188. The number of rotatable bonds is 7. The summed E-state index contributed by atoms with van der Waals surface area (Å²) in [5.74, 6) is 0.266. The molecule has 1 unspecified atom stereocenters. The number of benzene rings is 1. The number of anilines is 1. The van der Waals surface area contributed by atoms with Crippen LogP contribution in [-0.4, -0.2) is 24.2 Å². The molecule has 19 heavy (non-hydrogen) atoms. The second-order valence-corrected chi connectivity index (χ2v) is 4.95. The SMILES string of the molecule is CCOCC(Nc1c(Cl)cccc1[N+](=O)[O-])C(C)C. The predicted molar refractivity (Wildman–Crippen MR) is 76.8 cm³/mol. The van der Waals surface area contributed by atoms with Gasteiger partial charge in [-0.05, 0) is 18.9 Å². The van der Waals surface area contributed by atoms with E-state index in [2.05, 4.69) is 5.32 Å². The highest BCUT2D eigenvalue weighted by molar-refractivity contribution is 6.33. The molecule has 1 rings (SSSR count). The van der Waals surface area contributed by atoms with Crippen molar-refractivity contribution in [2.75, 3.05) is 18.5 Å². The van der Waals surface area contributed by atoms with Gasteiger partial charge in [-0.2, -0.15) is 0 Å². The Kier molecular flexibility index (Phi) is 6.05. The van der Waals surface area contributed by atoms with Gasteiger partial charge in [-0.15, -0.1) is 0 Å². The molecule has 1 N–H and O–H groups in total. The summed E-state index contributed by atoms with van der Waals surface area (Å²) in [7, 11) is 0. The van der Waals surface area contributed by atoms with Crippen molar-refractivity contribution in [1.29, 1.82) is 0 Å². The molecule has 1 atom stereocenters. The smallest absolute Gasteiger partial charge is 0.293 e. The summed E-state index contributed by atoms with van der Waals surface area (Å²) in [4.78, 5) is 10.6. The fourth-order valence-electron chi connectivity index (χ4n) is 1.64. The number of nitrogens with one attached hydrogen (secondary N) is 1. The third kappa shape index (κ3) is 4.36. The molecule has 1 aromatic carbocycles. The van der Waals surface area contributed by atoms with Crippen molar-refractivity contribution in [1.82, 2.24) is 0 Å². The Morgan fingerprint density at radius 1 is 1.47 bits per heavy atom. The maximum atomic E-state index is 11.0. The van der Waals surface area contributed by atoms with Crippen LogP contribution in [0.15, 0.2) is 18.2 Å². The Morgan fingerprint density at radius 3 is 2.68 bits per heavy atom. The Bertz CT molecular complexity index is 438. The van der Waals surface area contributed by atoms with E-state index in [-0.39, 0.29) is 17.6 Å². The van der Waals surface area contributed by atoms with E-state index >= 15 is 0 Å². The van der Waals surface area contributed by atoms with Crippen LogP contribution in [0.5, 0.6) is 0 Å². The Morgan fingerprint density at radius 2 is 2.16 bits per heavy atom. The topological polar surface area (TPSA) is 64.4 Å². The quantitative estimate of drug-likeness (QED) is 0.613. The van der Waals surface area contributed by atoms with Crippen molar-refractivity contribution in [3.8, 4) is 0 Å². The number of hydrogen-bond donors (Lipinski definition) is 1. The third-order valence-corrected chi connectivity index (χ3v) is 3.14. The summed E-state index contributed by atoms with van der Waals surface area (Å²) in [5.41, 5.74) is 0.335. The summed E-state index contributed by atoms with van der Waals surface area (Å²) in [5, 5.41) is 14.5. The number of nitro groups is 1. The van der Waals surface area contributed by atoms with Crippen LogP contribution in [0.1, 0.15) is 20.8 Å². The highest BCUT2D eigenvalue weighted by Crippen LogP contribution is 2.33. The van der Waals surface area contributed by atoms with E-state index in [1.807, 2.05) is 20.8 Å². The Labute approximate surface area is 118 Å². The van der Waals surface area contributed by atoms with Crippen LogP contribution in [0.2, 0.25) is 5.02 Å². The second-order valence-electron chi connectivity index (χ2n) is 4.55. The summed E-state index contributed by atoms with van der Waals surface area (Å²) >= 11 is 6.05. The van der Waals surface area contributed by atoms with E-state index in [0.717, 1.165) is 0 Å². The molecule has 0 fully saturated rings. The predicted octanol–water partition coefficient (Wildman–Crippen LogP) is 3.72. The van der Waals surface area contributed by atoms with Gasteiger partial charge in [0.2, 0.25) is 0 Å². The molecule has 0 bridgehead atoms. The molecular formula is C13H19ClN2O3. The van der Waals surface area contributed by atoms with Crippen molar-refractivity contribution in [3.05, 3.63) is 33.3 Å². The number of hydrogen-bond acceptors (Lipinski definition) is 4. The van der Waals surface area contributed by atoms with Gasteiger partial charge in [0.1, 0.15) is 5.69 Å². The molecule has 0 aliphatic carbocycles. The Balaban J connectivity index is 2.98. The lowest BCUT2D eigenvalue weighted by molar-refractivity contribution is -0.384. The molecule has 5 nitrogen and oxygen atoms in total. The van der Waals surface area contributed by atoms with Crippen LogP contribution in [0.4, 0.5) is 11.4 Å². The zero-order valence-electron chi connectivity index (χ0n) is 11.4. The fourth-order valence-corrected chi connectivity index (χ4v) is 1.86. The number of halogens is 1. The van der Waals surface area contributed by atoms with E-state index in [1.54, 1.807) is 12.1 Å². The average molecular weight is 287 g/mol. The van der Waals surface area contributed by atoms with Gasteiger partial charge in [0.15, 0.2) is 0 Å². The normalized spacial score (nSPS) is 12.5. The molecule has 0 aliphatic heterocycles. The van der Waals surface area contributed by atoms with E-state index < -0.39 is 4.92 Å². The molecule has 106 valence electrons. The highest BCUT2D eigenvalue weighted by atomic mass is 35.5. The van der Waals surface area contributed by atoms with E-state index in [0.29, 0.717) is 23.9 Å². The lowest BCUT2D eigenvalue weighted by Gasteiger charge is -2.23. The molecular weight excluding hydrogens is 268 g/mol. The first-order chi connectivity index (χ1) is 8.97. The molecule has 0 saturated carbocycles. The summed E-state index contributed by atoms with van der Waals surface area (Å²) in [6.45, 7) is 7.06. The monoisotopic (exact) mass is 286 g/mol. The van der Waals surface area contributed by atoms with Crippen molar-refractivity contribution < 1.29 is 9.66 Å². The maximum Gasteiger partial charge on any atom is 0.293 e. The molecule has 0 radical (unpaired) electrons. The highest BCUT2D eigenvalue weighted by Gasteiger charge is 2.21. The van der Waals surface area contributed by atoms with Crippen LogP contribution >= 0.6 is 11.6 Å². The number of para-hydroxylation sites is 1. The second kappa shape index (κ2) is 7.31. The minimum Gasteiger partial charge on any atom is -0.380 e. The van der Waals surface area contributed by atoms with Crippen LogP contribution < -0.4 is 5.32 Å². The van der Waals surface area contributed by atoms with Gasteiger partial charge in [0.05, 0.1) is 22.6 Å². The first-order valence-corrected chi connectivity index (χ1v) is 6.62. The Hall–Kier alpha value is -1.33. The number of nitro benzene ring substituents is 1. The van der Waals surface area contributed by atoms with Crippen molar-refractivity contribution in [3.63, 3.8) is 0 Å². The largest absolute Gasteiger partial charge is 0.380 e. The van der Waals surface area contributed by atoms with E-state index in [4.69, 9.17) is 16.3 Å². The zero-order chi connectivity index (χ0) is 14.4. The molecule has 0 spiro atoms. The van der Waals surface area contributed by atoms with Crippen molar-refractivity contribution in [2.24, 2.45) is 5.92 Å². The van der Waals surface area contributed by atoms with Gasteiger partial charge in [-0.1, -0.05) is 31.5 Å². The van der Waals surface area contributed by atoms with Crippen molar-refractivity contribution in [2.45, 2.75) is 26.8 Å². The van der Waals surface area contributed by atoms with Gasteiger partial charge < -0.3 is 10.1 Å². The summed E-state index contributed by atoms with van der Waals surface area (Å²) < 4.78 is 5.39. The molecule has 0 aliphatic rings. The van der Waals surface area contributed by atoms with Gasteiger partial charge in [0.25, 0.3) is 5.69 Å². The van der Waals surface area contributed by atoms with Crippen molar-refractivity contribution >= 4 is 23.0 Å². The number of ether oxygens (including phenoxy) is 1. The molecule has 0 saturated heterocycles. The zero-order valence-corrected chi connectivity index (χ0v) is 12.1. The summed E-state index contributed by atoms with van der Waals surface area (Å²) in [6, 6.07) is 4.61. The lowest BCUT2D eigenvalue weighted by Crippen LogP contribution is -2.31. The average Bonchev–Trinajstić information content (AvgIpc) is 2.35. The minimum atomic E-state index is -0.438. The first-order valence-electron chi connectivity index (χ1n) is 6.24. The van der Waals surface area contributed by atoms with Crippen LogP contribution in [-0.2, 0) is 4.74 Å². The first kappa shape index (κ1) is 15.7. The maximum absolute atomic E-state index is 11.0. The molecule has 0 amide bonds. The van der Waals surface area contributed by atoms with E-state index in [9.17, 15) is 10.1 Å². The van der Waals surface area contributed by atoms with Crippen LogP contribution in [0, 0.1) is 16.0 Å². The van der Waals surface area contributed by atoms with Gasteiger partial charge in [0, 0.05) is 12.7 Å². The van der Waals surface area contributed by atoms with E-state index in [1.165, 1.54) is 6.07 Å². The number of nitrogens with zero attached hydrogens (tertiary/aromatic N) is 1. The summed E-state index contributed by atoms with van der Waals surface area (Å²) in [6.07, 6.45) is 0. The van der Waals surface area contributed by atoms with Crippen LogP contribution in [0.25, 0.3) is 0 Å². The lowest BCUT2D eigenvalue weighted by atomic mass is 10.0. The molecule has 0 heterocycles.